The second-order valence-corrected chi connectivity index (χ2v) is 15.8. The number of carbonyl (C=O) groups is 3. The molecule has 2 aliphatic heterocycles. The number of thioether (sulfide) groups is 1. The molecule has 8 rings (SSSR count). The van der Waals surface area contributed by atoms with Gasteiger partial charge in [0.1, 0.15) is 5.75 Å². The second-order valence-electron chi connectivity index (χ2n) is 13.1. The lowest BCUT2D eigenvalue weighted by molar-refractivity contribution is -0.138. The number of carbonyl (C=O) groups excluding carboxylic acids is 3. The summed E-state index contributed by atoms with van der Waals surface area (Å²) in [7, 11) is 0. The maximum Gasteiger partial charge on any atom is 0.416 e. The van der Waals surface area contributed by atoms with Gasteiger partial charge in [0.25, 0.3) is 5.91 Å². The van der Waals surface area contributed by atoms with Crippen molar-refractivity contribution < 1.29 is 45.5 Å². The molecule has 1 saturated heterocycles. The topological polar surface area (TPSA) is 109 Å². The second kappa shape index (κ2) is 12.4. The Kier molecular flexibility index (Phi) is 8.30. The van der Waals surface area contributed by atoms with E-state index in [1.54, 1.807) is 6.07 Å². The maximum absolute atomic E-state index is 14.1. The zero-order valence-electron chi connectivity index (χ0n) is 26.3. The van der Waals surface area contributed by atoms with E-state index in [-0.39, 0.29) is 39.1 Å². The van der Waals surface area contributed by atoms with Gasteiger partial charge in [0, 0.05) is 32.3 Å². The van der Waals surface area contributed by atoms with Crippen LogP contribution in [0.15, 0.2) is 76.6 Å². The first-order valence-electron chi connectivity index (χ1n) is 15.9. The van der Waals surface area contributed by atoms with E-state index in [4.69, 9.17) is 16.3 Å². The Bertz CT molecular complexity index is 2210. The minimum atomic E-state index is -4.68. The number of ether oxygens (including phenoxy) is 1. The molecule has 2 bridgehead atoms. The Morgan fingerprint density at radius 3 is 2.29 bits per heavy atom. The van der Waals surface area contributed by atoms with Crippen LogP contribution < -0.4 is 19.8 Å². The highest BCUT2D eigenvalue weighted by Gasteiger charge is 2.70. The molecule has 2 saturated carbocycles. The number of H-pyrrole nitrogens is 1. The summed E-state index contributed by atoms with van der Waals surface area (Å²) in [6, 6.07) is 13.0. The highest BCUT2D eigenvalue weighted by atomic mass is 35.5. The van der Waals surface area contributed by atoms with Gasteiger partial charge in [0.05, 0.1) is 33.7 Å². The fourth-order valence-corrected chi connectivity index (χ4v) is 11.5. The number of nitrogens with one attached hydrogen (secondary N) is 2. The van der Waals surface area contributed by atoms with Crippen LogP contribution in [0, 0.1) is 29.6 Å². The van der Waals surface area contributed by atoms with Gasteiger partial charge in [-0.1, -0.05) is 35.1 Å². The predicted octanol–water partition coefficient (Wildman–Crippen LogP) is 7.82. The van der Waals surface area contributed by atoms with Gasteiger partial charge in [0.15, 0.2) is 6.61 Å². The van der Waals surface area contributed by atoms with E-state index in [1.165, 1.54) is 36.0 Å². The van der Waals surface area contributed by atoms with Crippen molar-refractivity contribution in [3.8, 4) is 5.75 Å². The van der Waals surface area contributed by atoms with Crippen molar-refractivity contribution in [3.05, 3.63) is 103 Å². The van der Waals surface area contributed by atoms with Crippen LogP contribution in [-0.2, 0) is 26.7 Å². The van der Waals surface area contributed by atoms with Crippen LogP contribution >= 0.6 is 34.7 Å². The largest absolute Gasteiger partial charge is 0.483 e. The average Bonchev–Trinajstić information content (AvgIpc) is 3.82. The Morgan fingerprint density at radius 2 is 1.58 bits per heavy atom. The van der Waals surface area contributed by atoms with Gasteiger partial charge in [-0.2, -0.15) is 26.3 Å². The van der Waals surface area contributed by atoms with Crippen LogP contribution in [0.4, 0.5) is 37.7 Å². The number of benzene rings is 3. The lowest BCUT2D eigenvalue weighted by atomic mass is 9.68. The fraction of sp³-hybridized carbons (Fsp3) is 0.314. The summed E-state index contributed by atoms with van der Waals surface area (Å²) in [5, 5.41) is 3.01. The third-order valence-corrected chi connectivity index (χ3v) is 13.1. The number of thiazole rings is 1. The summed E-state index contributed by atoms with van der Waals surface area (Å²) in [4.78, 5) is 57.6. The van der Waals surface area contributed by atoms with Crippen molar-refractivity contribution in [3.63, 3.8) is 0 Å². The van der Waals surface area contributed by atoms with Crippen LogP contribution in [0.1, 0.15) is 33.9 Å². The van der Waals surface area contributed by atoms with Gasteiger partial charge < -0.3 is 15.0 Å². The van der Waals surface area contributed by atoms with E-state index in [0.717, 1.165) is 52.6 Å². The smallest absolute Gasteiger partial charge is 0.416 e. The number of alkyl halides is 6. The van der Waals surface area contributed by atoms with Crippen molar-refractivity contribution in [1.29, 1.82) is 0 Å². The highest BCUT2D eigenvalue weighted by molar-refractivity contribution is 8.00. The lowest BCUT2D eigenvalue weighted by Gasteiger charge is -2.43. The Labute approximate surface area is 303 Å². The number of anilines is 2. The van der Waals surface area contributed by atoms with Gasteiger partial charge >= 0.3 is 17.2 Å². The Balaban J connectivity index is 1.11. The molecule has 8 nitrogen and oxygen atoms in total. The summed E-state index contributed by atoms with van der Waals surface area (Å²) < 4.78 is 86.3. The number of nitrogens with zero attached hydrogens (tertiary/aromatic N) is 1. The number of imide groups is 1. The van der Waals surface area contributed by atoms with Crippen LogP contribution in [0.5, 0.6) is 5.75 Å². The molecule has 4 aromatic rings. The number of rotatable bonds is 6. The molecule has 3 fully saturated rings. The van der Waals surface area contributed by atoms with E-state index >= 15 is 0 Å². The van der Waals surface area contributed by atoms with Crippen molar-refractivity contribution >= 4 is 63.8 Å². The first-order chi connectivity index (χ1) is 24.6. The van der Waals surface area contributed by atoms with E-state index in [0.29, 0.717) is 26.9 Å². The molecule has 3 aromatic carbocycles. The summed E-state index contributed by atoms with van der Waals surface area (Å²) in [6.07, 6.45) is -8.79. The first-order valence-corrected chi connectivity index (χ1v) is 18.0. The molecule has 3 amide bonds. The lowest BCUT2D eigenvalue weighted by Crippen LogP contribution is -2.42. The van der Waals surface area contributed by atoms with Gasteiger partial charge in [-0.05, 0) is 78.8 Å². The third-order valence-electron chi connectivity index (χ3n) is 10.3. The van der Waals surface area contributed by atoms with Gasteiger partial charge in [0.2, 0.25) is 11.8 Å². The van der Waals surface area contributed by atoms with E-state index in [1.807, 2.05) is 0 Å². The number of amides is 3. The predicted molar refractivity (Wildman–Crippen MR) is 179 cm³/mol. The molecule has 1 aromatic heterocycles. The van der Waals surface area contributed by atoms with Crippen molar-refractivity contribution in [2.75, 3.05) is 16.8 Å². The van der Waals surface area contributed by atoms with Crippen molar-refractivity contribution in [1.82, 2.24) is 4.98 Å². The Morgan fingerprint density at radius 1 is 0.904 bits per heavy atom. The SMILES string of the molecule is O=C(COc1ccc(Cl)cc1[C@H]1c2sc(=O)[nH]c2SC2C1[C@H]1C[C@@H]2C2C(=O)N(c3cccc(C(F)(F)F)c3)C(=O)C21)Nc1cccc(C(F)(F)F)c1. The molecule has 0 radical (unpaired) electrons. The summed E-state index contributed by atoms with van der Waals surface area (Å²) in [5.41, 5.74) is -1.66. The summed E-state index contributed by atoms with van der Waals surface area (Å²) in [6.45, 7) is -0.591. The number of aromatic amines is 1. The number of fused-ring (bicyclic) bond motifs is 9. The van der Waals surface area contributed by atoms with E-state index < -0.39 is 71.5 Å². The zero-order valence-corrected chi connectivity index (χ0v) is 28.6. The maximum atomic E-state index is 14.1. The molecular weight excluding hydrogens is 756 g/mol. The molecule has 4 aliphatic rings. The molecule has 2 N–H and O–H groups in total. The summed E-state index contributed by atoms with van der Waals surface area (Å²) >= 11 is 8.87. The molecular formula is C35H24ClF6N3O5S2. The summed E-state index contributed by atoms with van der Waals surface area (Å²) in [5.74, 6) is -4.89. The monoisotopic (exact) mass is 779 g/mol. The average molecular weight is 780 g/mol. The van der Waals surface area contributed by atoms with E-state index in [2.05, 4.69) is 10.3 Å². The van der Waals surface area contributed by atoms with Crippen LogP contribution in [0.25, 0.3) is 0 Å². The number of aromatic nitrogens is 1. The quantitative estimate of drug-likeness (QED) is 0.153. The normalized spacial score (nSPS) is 26.3. The Hall–Kier alpha value is -4.28. The standard InChI is InChI=1S/C35H24ClF6N3O5S2/c36-16-7-8-22(50-13-23(46)43-17-5-1-3-14(9-17)34(37,38)39)19(11-16)24-25-20-12-21(28(25)51-30-29(24)52-33(49)44-30)27-26(20)31(47)45(32(27)48)18-6-2-4-15(10-18)35(40,41)42/h1-11,20-21,24-28H,12-13H2,(H,43,46)(H,44,49)/t20-,21-,24-,25?,26?,27?,28?/m1/s1. The van der Waals surface area contributed by atoms with Crippen LogP contribution in [0.2, 0.25) is 5.02 Å². The number of hydrogen-bond acceptors (Lipinski definition) is 7. The fourth-order valence-electron chi connectivity index (χ4n) is 8.45. The van der Waals surface area contributed by atoms with Crippen molar-refractivity contribution in [2.24, 2.45) is 29.6 Å². The van der Waals surface area contributed by atoms with Crippen molar-refractivity contribution in [2.45, 2.75) is 35.0 Å². The molecule has 270 valence electrons. The molecule has 0 spiro atoms. The minimum Gasteiger partial charge on any atom is -0.483 e. The molecule has 2 aliphatic carbocycles. The minimum absolute atomic E-state index is 0.0832. The molecule has 52 heavy (non-hydrogen) atoms. The third kappa shape index (κ3) is 5.78. The molecule has 7 atom stereocenters. The van der Waals surface area contributed by atoms with Crippen LogP contribution in [0.3, 0.4) is 0 Å². The van der Waals surface area contributed by atoms with Crippen LogP contribution in [-0.4, -0.2) is 34.6 Å². The highest BCUT2D eigenvalue weighted by Crippen LogP contribution is 2.69. The molecule has 4 unspecified atom stereocenters. The zero-order chi connectivity index (χ0) is 36.9. The number of halogens is 7. The van der Waals surface area contributed by atoms with E-state index in [9.17, 15) is 45.5 Å². The van der Waals surface area contributed by atoms with Gasteiger partial charge in [-0.25, -0.2) is 0 Å². The molecule has 17 heteroatoms. The number of hydrogen-bond donors (Lipinski definition) is 2. The van der Waals surface area contributed by atoms with Gasteiger partial charge in [-0.3, -0.25) is 24.1 Å². The molecule has 3 heterocycles. The van der Waals surface area contributed by atoms with Gasteiger partial charge in [-0.15, -0.1) is 11.8 Å². The first kappa shape index (κ1) is 34.8.